The summed E-state index contributed by atoms with van der Waals surface area (Å²) in [6.45, 7) is 0. The van der Waals surface area contributed by atoms with E-state index >= 15 is 0 Å². The quantitative estimate of drug-likeness (QED) is 0.504. The van der Waals surface area contributed by atoms with E-state index in [4.69, 9.17) is 20.8 Å². The standard InChI is InChI=1S/C16H8ClF2NO3/c17-16-5-9(3-4-20-16)22-15-7-12(18)11(6-13(15)19)14-2-1-10(8-21)23-14/h1-8H. The molecule has 3 rings (SSSR count). The normalized spacial score (nSPS) is 10.6. The Balaban J connectivity index is 1.95. The van der Waals surface area contributed by atoms with E-state index in [2.05, 4.69) is 4.98 Å². The van der Waals surface area contributed by atoms with E-state index in [-0.39, 0.29) is 33.7 Å². The van der Waals surface area contributed by atoms with Crippen molar-refractivity contribution in [2.45, 2.75) is 0 Å². The third-order valence-corrected chi connectivity index (χ3v) is 3.16. The van der Waals surface area contributed by atoms with Gasteiger partial charge in [0.05, 0.1) is 5.56 Å². The molecule has 0 amide bonds. The smallest absolute Gasteiger partial charge is 0.185 e. The van der Waals surface area contributed by atoms with Crippen LogP contribution in [0.3, 0.4) is 0 Å². The fourth-order valence-corrected chi connectivity index (χ4v) is 2.10. The molecule has 0 bridgehead atoms. The van der Waals surface area contributed by atoms with E-state index in [1.54, 1.807) is 0 Å². The van der Waals surface area contributed by atoms with Gasteiger partial charge in [0.1, 0.15) is 22.5 Å². The zero-order valence-electron chi connectivity index (χ0n) is 11.4. The van der Waals surface area contributed by atoms with Gasteiger partial charge in [-0.05, 0) is 24.3 Å². The van der Waals surface area contributed by atoms with Gasteiger partial charge in [-0.2, -0.15) is 0 Å². The Kier molecular flexibility index (Phi) is 4.08. The maximum absolute atomic E-state index is 14.2. The summed E-state index contributed by atoms with van der Waals surface area (Å²) in [5.74, 6) is -1.58. The monoisotopic (exact) mass is 335 g/mol. The van der Waals surface area contributed by atoms with Crippen LogP contribution in [0.2, 0.25) is 5.15 Å². The predicted molar refractivity (Wildman–Crippen MR) is 78.8 cm³/mol. The Morgan fingerprint density at radius 2 is 1.96 bits per heavy atom. The first kappa shape index (κ1) is 15.2. The van der Waals surface area contributed by atoms with Crippen LogP contribution in [0.5, 0.6) is 11.5 Å². The molecular weight excluding hydrogens is 328 g/mol. The number of rotatable bonds is 4. The molecule has 1 aromatic carbocycles. The lowest BCUT2D eigenvalue weighted by molar-refractivity contribution is 0.110. The Hall–Kier alpha value is -2.73. The molecule has 3 aromatic rings. The molecule has 0 fully saturated rings. The number of aromatic nitrogens is 1. The van der Waals surface area contributed by atoms with Crippen molar-refractivity contribution < 1.29 is 22.7 Å². The molecule has 23 heavy (non-hydrogen) atoms. The lowest BCUT2D eigenvalue weighted by Gasteiger charge is -2.09. The topological polar surface area (TPSA) is 52.3 Å². The summed E-state index contributed by atoms with van der Waals surface area (Å²) < 4.78 is 38.7. The third kappa shape index (κ3) is 3.22. The molecule has 0 saturated carbocycles. The molecule has 0 saturated heterocycles. The van der Waals surface area contributed by atoms with Crippen LogP contribution in [0.25, 0.3) is 11.3 Å². The minimum absolute atomic E-state index is 0.0200. The van der Waals surface area contributed by atoms with Crippen LogP contribution in [-0.4, -0.2) is 11.3 Å². The average molecular weight is 336 g/mol. The third-order valence-electron chi connectivity index (χ3n) is 2.96. The van der Waals surface area contributed by atoms with Crippen molar-refractivity contribution in [3.8, 4) is 22.8 Å². The molecular formula is C16H8ClF2NO3. The van der Waals surface area contributed by atoms with E-state index in [9.17, 15) is 13.6 Å². The van der Waals surface area contributed by atoms with Crippen LogP contribution in [0.1, 0.15) is 10.6 Å². The van der Waals surface area contributed by atoms with Crippen LogP contribution < -0.4 is 4.74 Å². The zero-order valence-corrected chi connectivity index (χ0v) is 12.2. The Labute approximate surface area is 134 Å². The largest absolute Gasteiger partial charge is 0.454 e. The SMILES string of the molecule is O=Cc1ccc(-c2cc(F)c(Oc3ccnc(Cl)c3)cc2F)o1. The molecule has 0 aliphatic heterocycles. The summed E-state index contributed by atoms with van der Waals surface area (Å²) in [5.41, 5.74) is -0.115. The number of carbonyl (C=O) groups excluding carboxylic acids is 1. The van der Waals surface area contributed by atoms with Crippen LogP contribution in [0.4, 0.5) is 8.78 Å². The van der Waals surface area contributed by atoms with Gasteiger partial charge in [-0.25, -0.2) is 13.8 Å². The molecule has 0 N–H and O–H groups in total. The summed E-state index contributed by atoms with van der Waals surface area (Å²) in [7, 11) is 0. The highest BCUT2D eigenvalue weighted by Crippen LogP contribution is 2.32. The maximum Gasteiger partial charge on any atom is 0.185 e. The Morgan fingerprint density at radius 3 is 2.65 bits per heavy atom. The summed E-state index contributed by atoms with van der Waals surface area (Å²) in [4.78, 5) is 14.4. The average Bonchev–Trinajstić information content (AvgIpc) is 2.99. The number of hydrogen-bond donors (Lipinski definition) is 0. The van der Waals surface area contributed by atoms with Crippen LogP contribution in [0.15, 0.2) is 47.0 Å². The van der Waals surface area contributed by atoms with Crippen LogP contribution in [-0.2, 0) is 0 Å². The molecule has 0 unspecified atom stereocenters. The van der Waals surface area contributed by atoms with E-state index in [0.29, 0.717) is 6.29 Å². The van der Waals surface area contributed by atoms with Gasteiger partial charge in [-0.1, -0.05) is 11.6 Å². The minimum Gasteiger partial charge on any atom is -0.454 e. The molecule has 2 heterocycles. The zero-order chi connectivity index (χ0) is 16.4. The highest BCUT2D eigenvalue weighted by molar-refractivity contribution is 6.29. The molecule has 0 spiro atoms. The van der Waals surface area contributed by atoms with Crippen molar-refractivity contribution >= 4 is 17.9 Å². The van der Waals surface area contributed by atoms with Gasteiger partial charge in [-0.3, -0.25) is 4.79 Å². The van der Waals surface area contributed by atoms with E-state index in [0.717, 1.165) is 12.1 Å². The van der Waals surface area contributed by atoms with E-state index < -0.39 is 11.6 Å². The molecule has 0 aliphatic rings. The first-order valence-corrected chi connectivity index (χ1v) is 6.78. The number of nitrogens with zero attached hydrogens (tertiary/aromatic N) is 1. The molecule has 4 nitrogen and oxygen atoms in total. The fourth-order valence-electron chi connectivity index (χ4n) is 1.93. The van der Waals surface area contributed by atoms with Crippen molar-refractivity contribution in [1.82, 2.24) is 4.98 Å². The van der Waals surface area contributed by atoms with Gasteiger partial charge in [0, 0.05) is 18.3 Å². The van der Waals surface area contributed by atoms with E-state index in [1.165, 1.54) is 30.5 Å². The van der Waals surface area contributed by atoms with Crippen molar-refractivity contribution in [3.05, 3.63) is 65.1 Å². The second-order valence-electron chi connectivity index (χ2n) is 4.50. The lowest BCUT2D eigenvalue weighted by atomic mass is 10.1. The minimum atomic E-state index is -0.793. The summed E-state index contributed by atoms with van der Waals surface area (Å²) >= 11 is 5.70. The van der Waals surface area contributed by atoms with Crippen molar-refractivity contribution in [2.75, 3.05) is 0 Å². The fraction of sp³-hybridized carbons (Fsp3) is 0. The Morgan fingerprint density at radius 1 is 1.13 bits per heavy atom. The number of halogens is 3. The van der Waals surface area contributed by atoms with Crippen LogP contribution >= 0.6 is 11.6 Å². The highest BCUT2D eigenvalue weighted by Gasteiger charge is 2.16. The molecule has 0 aliphatic carbocycles. The first-order valence-electron chi connectivity index (χ1n) is 6.40. The number of carbonyl (C=O) groups is 1. The number of ether oxygens (including phenoxy) is 1. The lowest BCUT2D eigenvalue weighted by Crippen LogP contribution is -1.93. The number of benzene rings is 1. The first-order chi connectivity index (χ1) is 11.1. The Bertz CT molecular complexity index is 880. The van der Waals surface area contributed by atoms with Crippen molar-refractivity contribution in [3.63, 3.8) is 0 Å². The number of hydrogen-bond acceptors (Lipinski definition) is 4. The van der Waals surface area contributed by atoms with Gasteiger partial charge in [-0.15, -0.1) is 0 Å². The molecule has 2 aromatic heterocycles. The predicted octanol–water partition coefficient (Wildman–Crippen LogP) is 4.88. The van der Waals surface area contributed by atoms with Crippen LogP contribution in [0, 0.1) is 11.6 Å². The molecule has 0 radical (unpaired) electrons. The summed E-state index contributed by atoms with van der Waals surface area (Å²) in [6.07, 6.45) is 1.85. The number of pyridine rings is 1. The number of furan rings is 1. The maximum atomic E-state index is 14.2. The second kappa shape index (κ2) is 6.18. The van der Waals surface area contributed by atoms with Crippen molar-refractivity contribution in [2.24, 2.45) is 0 Å². The molecule has 116 valence electrons. The highest BCUT2D eigenvalue weighted by atomic mass is 35.5. The second-order valence-corrected chi connectivity index (χ2v) is 4.89. The summed E-state index contributed by atoms with van der Waals surface area (Å²) in [6, 6.07) is 7.40. The van der Waals surface area contributed by atoms with Gasteiger partial charge >= 0.3 is 0 Å². The molecule has 0 atom stereocenters. The summed E-state index contributed by atoms with van der Waals surface area (Å²) in [5, 5.41) is 0.164. The van der Waals surface area contributed by atoms with Gasteiger partial charge in [0.25, 0.3) is 0 Å². The van der Waals surface area contributed by atoms with Gasteiger partial charge in [0.2, 0.25) is 0 Å². The van der Waals surface area contributed by atoms with Gasteiger partial charge < -0.3 is 9.15 Å². The van der Waals surface area contributed by atoms with Gasteiger partial charge in [0.15, 0.2) is 23.6 Å². The van der Waals surface area contributed by atoms with E-state index in [1.807, 2.05) is 0 Å². The molecule has 7 heteroatoms. The van der Waals surface area contributed by atoms with Crippen molar-refractivity contribution in [1.29, 1.82) is 0 Å². The number of aldehydes is 1.